The average molecular weight is 242 g/mol. The average Bonchev–Trinajstić information content (AvgIpc) is 2.26. The van der Waals surface area contributed by atoms with Crippen molar-refractivity contribution in [2.75, 3.05) is 6.54 Å². The number of hydrogen-bond acceptors (Lipinski definition) is 3. The predicted molar refractivity (Wildman–Crippen MR) is 69.1 cm³/mol. The number of piperidine rings is 1. The van der Waals surface area contributed by atoms with E-state index in [-0.39, 0.29) is 12.0 Å². The molecule has 3 unspecified atom stereocenters. The molecule has 1 fully saturated rings. The van der Waals surface area contributed by atoms with E-state index in [1.54, 1.807) is 0 Å². The van der Waals surface area contributed by atoms with E-state index >= 15 is 0 Å². The first-order chi connectivity index (χ1) is 8.00. The lowest BCUT2D eigenvalue weighted by Gasteiger charge is -2.29. The standard InChI is InChI=1S/C13H26N2O2/c1-9(2)12(13(16)17)15-10(3)8-11-6-4-5-7-14-11/h9-12,14-15H,4-8H2,1-3H3,(H,16,17). The van der Waals surface area contributed by atoms with Crippen molar-refractivity contribution in [2.24, 2.45) is 5.92 Å². The summed E-state index contributed by atoms with van der Waals surface area (Å²) in [6, 6.07) is 0.357. The molecule has 0 aromatic rings. The van der Waals surface area contributed by atoms with E-state index in [2.05, 4.69) is 17.6 Å². The summed E-state index contributed by atoms with van der Waals surface area (Å²) in [4.78, 5) is 11.1. The maximum Gasteiger partial charge on any atom is 0.320 e. The Labute approximate surface area is 104 Å². The smallest absolute Gasteiger partial charge is 0.320 e. The van der Waals surface area contributed by atoms with Gasteiger partial charge in [0.05, 0.1) is 0 Å². The van der Waals surface area contributed by atoms with Crippen LogP contribution in [0.1, 0.15) is 46.5 Å². The molecule has 0 bridgehead atoms. The van der Waals surface area contributed by atoms with Gasteiger partial charge in [0, 0.05) is 12.1 Å². The normalized spacial score (nSPS) is 24.6. The Morgan fingerprint density at radius 1 is 1.41 bits per heavy atom. The summed E-state index contributed by atoms with van der Waals surface area (Å²) in [6.45, 7) is 7.06. The Hall–Kier alpha value is -0.610. The molecule has 4 heteroatoms. The Bertz CT molecular complexity index is 238. The number of carboxylic acids is 1. The van der Waals surface area contributed by atoms with Crippen molar-refractivity contribution in [3.05, 3.63) is 0 Å². The van der Waals surface area contributed by atoms with E-state index in [0.29, 0.717) is 6.04 Å². The summed E-state index contributed by atoms with van der Waals surface area (Å²) in [5, 5.41) is 15.8. The van der Waals surface area contributed by atoms with Gasteiger partial charge in [0.25, 0.3) is 0 Å². The molecule has 17 heavy (non-hydrogen) atoms. The molecule has 0 aliphatic carbocycles. The fourth-order valence-corrected chi connectivity index (χ4v) is 2.48. The molecule has 3 N–H and O–H groups in total. The number of carbonyl (C=O) groups is 1. The van der Waals surface area contributed by atoms with Gasteiger partial charge >= 0.3 is 5.97 Å². The van der Waals surface area contributed by atoms with Crippen molar-refractivity contribution < 1.29 is 9.90 Å². The van der Waals surface area contributed by atoms with Gasteiger partial charge in [0.2, 0.25) is 0 Å². The van der Waals surface area contributed by atoms with Gasteiger partial charge in [-0.1, -0.05) is 20.3 Å². The van der Waals surface area contributed by atoms with Crippen molar-refractivity contribution >= 4 is 5.97 Å². The number of aliphatic carboxylic acids is 1. The highest BCUT2D eigenvalue weighted by Gasteiger charge is 2.24. The van der Waals surface area contributed by atoms with Crippen molar-refractivity contribution in [1.82, 2.24) is 10.6 Å². The van der Waals surface area contributed by atoms with Crippen LogP contribution in [0.15, 0.2) is 0 Å². The van der Waals surface area contributed by atoms with Crippen LogP contribution in [-0.2, 0) is 4.79 Å². The lowest BCUT2D eigenvalue weighted by Crippen LogP contribution is -2.48. The van der Waals surface area contributed by atoms with Crippen LogP contribution in [0.3, 0.4) is 0 Å². The Balaban J connectivity index is 2.35. The van der Waals surface area contributed by atoms with E-state index in [0.717, 1.165) is 13.0 Å². The summed E-state index contributed by atoms with van der Waals surface area (Å²) >= 11 is 0. The second kappa shape index (κ2) is 6.97. The third-order valence-electron chi connectivity index (χ3n) is 3.45. The fraction of sp³-hybridized carbons (Fsp3) is 0.923. The molecular formula is C13H26N2O2. The van der Waals surface area contributed by atoms with Crippen molar-refractivity contribution in [3.63, 3.8) is 0 Å². The molecule has 0 radical (unpaired) electrons. The molecule has 0 spiro atoms. The van der Waals surface area contributed by atoms with Crippen LogP contribution in [0.4, 0.5) is 0 Å². The largest absolute Gasteiger partial charge is 0.480 e. The number of rotatable bonds is 6. The number of hydrogen-bond donors (Lipinski definition) is 3. The molecule has 0 amide bonds. The van der Waals surface area contributed by atoms with Crippen molar-refractivity contribution in [3.8, 4) is 0 Å². The summed E-state index contributed by atoms with van der Waals surface area (Å²) in [5.41, 5.74) is 0. The molecular weight excluding hydrogens is 216 g/mol. The maximum atomic E-state index is 11.1. The SMILES string of the molecule is CC(CC1CCCCN1)NC(C(=O)O)C(C)C. The van der Waals surface area contributed by atoms with Gasteiger partial charge in [0.15, 0.2) is 0 Å². The van der Waals surface area contributed by atoms with Gasteiger partial charge in [-0.2, -0.15) is 0 Å². The van der Waals surface area contributed by atoms with E-state index in [9.17, 15) is 4.79 Å². The highest BCUT2D eigenvalue weighted by Crippen LogP contribution is 2.13. The van der Waals surface area contributed by atoms with Crippen LogP contribution in [-0.4, -0.2) is 35.7 Å². The molecule has 1 aliphatic heterocycles. The zero-order chi connectivity index (χ0) is 12.8. The second-order valence-electron chi connectivity index (χ2n) is 5.51. The first-order valence-corrected chi connectivity index (χ1v) is 6.73. The minimum atomic E-state index is -0.747. The van der Waals surface area contributed by atoms with E-state index in [4.69, 9.17) is 5.11 Å². The first-order valence-electron chi connectivity index (χ1n) is 6.73. The molecule has 100 valence electrons. The lowest BCUT2D eigenvalue weighted by atomic mass is 9.97. The summed E-state index contributed by atoms with van der Waals surface area (Å²) in [6.07, 6.45) is 4.78. The molecule has 0 aromatic heterocycles. The second-order valence-corrected chi connectivity index (χ2v) is 5.51. The van der Waals surface area contributed by atoms with Crippen LogP contribution in [0, 0.1) is 5.92 Å². The topological polar surface area (TPSA) is 61.4 Å². The predicted octanol–water partition coefficient (Wildman–Crippen LogP) is 1.61. The fourth-order valence-electron chi connectivity index (χ4n) is 2.48. The highest BCUT2D eigenvalue weighted by atomic mass is 16.4. The molecule has 4 nitrogen and oxygen atoms in total. The third-order valence-corrected chi connectivity index (χ3v) is 3.45. The Morgan fingerprint density at radius 3 is 2.59 bits per heavy atom. The third kappa shape index (κ3) is 5.04. The number of nitrogens with one attached hydrogen (secondary N) is 2. The lowest BCUT2D eigenvalue weighted by molar-refractivity contribution is -0.140. The zero-order valence-corrected chi connectivity index (χ0v) is 11.2. The zero-order valence-electron chi connectivity index (χ0n) is 11.2. The van der Waals surface area contributed by atoms with Gasteiger partial charge in [0.1, 0.15) is 6.04 Å². The van der Waals surface area contributed by atoms with E-state index in [1.165, 1.54) is 19.3 Å². The molecule has 1 aliphatic rings. The molecule has 0 saturated carbocycles. The van der Waals surface area contributed by atoms with Gasteiger partial charge in [-0.15, -0.1) is 0 Å². The van der Waals surface area contributed by atoms with Crippen molar-refractivity contribution in [2.45, 2.75) is 64.6 Å². The molecule has 3 atom stereocenters. The van der Waals surface area contributed by atoms with Crippen LogP contribution in [0.25, 0.3) is 0 Å². The highest BCUT2D eigenvalue weighted by molar-refractivity contribution is 5.73. The minimum Gasteiger partial charge on any atom is -0.480 e. The van der Waals surface area contributed by atoms with Gasteiger partial charge in [-0.05, 0) is 38.6 Å². The maximum absolute atomic E-state index is 11.1. The van der Waals surface area contributed by atoms with Gasteiger partial charge < -0.3 is 15.7 Å². The van der Waals surface area contributed by atoms with Gasteiger partial charge in [-0.3, -0.25) is 4.79 Å². The number of carboxylic acid groups (broad SMARTS) is 1. The van der Waals surface area contributed by atoms with Crippen LogP contribution < -0.4 is 10.6 Å². The van der Waals surface area contributed by atoms with E-state index in [1.807, 2.05) is 13.8 Å². The quantitative estimate of drug-likeness (QED) is 0.662. The minimum absolute atomic E-state index is 0.120. The van der Waals surface area contributed by atoms with Crippen LogP contribution in [0.5, 0.6) is 0 Å². The Kier molecular flexibility index (Phi) is 5.92. The molecule has 0 aromatic carbocycles. The van der Waals surface area contributed by atoms with Crippen LogP contribution in [0.2, 0.25) is 0 Å². The first kappa shape index (κ1) is 14.5. The summed E-state index contributed by atoms with van der Waals surface area (Å²) in [5.74, 6) is -0.627. The monoisotopic (exact) mass is 242 g/mol. The van der Waals surface area contributed by atoms with Crippen molar-refractivity contribution in [1.29, 1.82) is 0 Å². The summed E-state index contributed by atoms with van der Waals surface area (Å²) in [7, 11) is 0. The molecule has 1 rings (SSSR count). The van der Waals surface area contributed by atoms with Gasteiger partial charge in [-0.25, -0.2) is 0 Å². The summed E-state index contributed by atoms with van der Waals surface area (Å²) < 4.78 is 0. The van der Waals surface area contributed by atoms with E-state index < -0.39 is 12.0 Å². The van der Waals surface area contributed by atoms with Crippen LogP contribution >= 0.6 is 0 Å². The molecule has 1 heterocycles. The Morgan fingerprint density at radius 2 is 2.12 bits per heavy atom. The molecule has 1 saturated heterocycles.